The molecule has 0 spiro atoms. The zero-order valence-corrected chi connectivity index (χ0v) is 28.3. The van der Waals surface area contributed by atoms with E-state index in [1.807, 2.05) is 15.2 Å². The molecule has 6 rings (SSSR count). The molecule has 4 heterocycles. The molecule has 0 saturated heterocycles. The van der Waals surface area contributed by atoms with Gasteiger partial charge in [-0.1, -0.05) is 45.5 Å². The molecule has 0 bridgehead atoms. The van der Waals surface area contributed by atoms with Gasteiger partial charge in [-0.25, -0.2) is 18.4 Å². The standard InChI is InChI=1S/C16H15ClFN3O3.C14H13ClFN3O.C2H3ClO2.3CH4/c1-24-16(23)20-12-6-7-21-13(12)4-5-14(21)15(22)19-9-2-3-11(18)10(17)8-9;15-9-7-8(1-2-10(9)16)18-14(20)13-4-3-12-11(17)5-6-19(12)13;1-5-2(3)4;;;/h2-5,8,12H,6-7H2,1H3,(H,19,22)(H,20,23);1-4,7,11H,5-6,17H2,(H,18,20);1H3;3*1H4. The van der Waals surface area contributed by atoms with E-state index >= 15 is 0 Å². The maximum absolute atomic E-state index is 13.2. The van der Waals surface area contributed by atoms with Crippen molar-refractivity contribution in [3.05, 3.63) is 105 Å². The number of rotatable bonds is 5. The normalized spacial score (nSPS) is 14.5. The second-order valence-electron chi connectivity index (χ2n) is 10.6. The van der Waals surface area contributed by atoms with E-state index < -0.39 is 23.2 Å². The average molecular weight is 788 g/mol. The molecular weight excluding hydrogens is 745 g/mol. The number of methoxy groups -OCH3 is 2. The molecule has 2 aliphatic rings. The van der Waals surface area contributed by atoms with Gasteiger partial charge in [0.2, 0.25) is 0 Å². The molecule has 0 saturated carbocycles. The Bertz CT molecular complexity index is 1870. The molecule has 3 amide bonds. The fraction of sp³-hybridized carbons (Fsp3) is 0.314. The number of ether oxygens (including phenoxy) is 2. The zero-order chi connectivity index (χ0) is 35.8. The first-order valence-electron chi connectivity index (χ1n) is 14.6. The third kappa shape index (κ3) is 11.2. The molecule has 52 heavy (non-hydrogen) atoms. The van der Waals surface area contributed by atoms with Gasteiger partial charge in [0.15, 0.2) is 0 Å². The number of nitrogens with one attached hydrogen (secondary N) is 3. The van der Waals surface area contributed by atoms with Crippen LogP contribution in [-0.4, -0.2) is 46.7 Å². The lowest BCUT2D eigenvalue weighted by Crippen LogP contribution is -2.26. The van der Waals surface area contributed by atoms with Crippen molar-refractivity contribution in [3.63, 3.8) is 0 Å². The number of carbonyl (C=O) groups excluding carboxylic acids is 4. The Hall–Kier alpha value is -4.63. The van der Waals surface area contributed by atoms with Gasteiger partial charge in [0.05, 0.1) is 30.3 Å². The summed E-state index contributed by atoms with van der Waals surface area (Å²) >= 11 is 16.0. The van der Waals surface area contributed by atoms with Crippen LogP contribution in [-0.2, 0) is 22.6 Å². The summed E-state index contributed by atoms with van der Waals surface area (Å²) in [6, 6.07) is 14.9. The number of amides is 3. The second kappa shape index (κ2) is 20.4. The van der Waals surface area contributed by atoms with E-state index in [0.717, 1.165) is 24.4 Å². The average Bonchev–Trinajstić information content (AvgIpc) is 3.86. The van der Waals surface area contributed by atoms with Crippen molar-refractivity contribution < 1.29 is 37.4 Å². The van der Waals surface area contributed by atoms with Gasteiger partial charge in [-0.15, -0.1) is 0 Å². The lowest BCUT2D eigenvalue weighted by atomic mass is 10.2. The van der Waals surface area contributed by atoms with Gasteiger partial charge >= 0.3 is 11.5 Å². The van der Waals surface area contributed by atoms with E-state index in [2.05, 4.69) is 37.0 Å². The van der Waals surface area contributed by atoms with Crippen LogP contribution in [0.2, 0.25) is 10.0 Å². The minimum absolute atomic E-state index is 0. The van der Waals surface area contributed by atoms with Crippen LogP contribution in [0.3, 0.4) is 0 Å². The summed E-state index contributed by atoms with van der Waals surface area (Å²) in [6.45, 7) is 1.33. The van der Waals surface area contributed by atoms with E-state index in [9.17, 15) is 28.0 Å². The van der Waals surface area contributed by atoms with Crippen LogP contribution >= 0.6 is 34.8 Å². The number of hydrogen-bond acceptors (Lipinski definition) is 7. The fourth-order valence-electron chi connectivity index (χ4n) is 5.20. The summed E-state index contributed by atoms with van der Waals surface area (Å²) in [5.41, 5.74) is 8.84. The van der Waals surface area contributed by atoms with Gasteiger partial charge in [-0.05, 0) is 73.5 Å². The lowest BCUT2D eigenvalue weighted by Gasteiger charge is -2.10. The molecule has 2 aromatic carbocycles. The van der Waals surface area contributed by atoms with Crippen LogP contribution in [0.1, 0.15) is 79.6 Å². The summed E-state index contributed by atoms with van der Waals surface area (Å²) in [7, 11) is 2.52. The van der Waals surface area contributed by atoms with E-state index in [1.165, 1.54) is 50.6 Å². The number of benzene rings is 2. The van der Waals surface area contributed by atoms with Crippen molar-refractivity contribution in [1.82, 2.24) is 14.5 Å². The molecule has 2 atom stereocenters. The molecule has 0 radical (unpaired) electrons. The van der Waals surface area contributed by atoms with Crippen molar-refractivity contribution in [2.75, 3.05) is 24.9 Å². The van der Waals surface area contributed by atoms with E-state index in [-0.39, 0.29) is 56.2 Å². The third-order valence-corrected chi connectivity index (χ3v) is 8.26. The molecule has 5 N–H and O–H groups in total. The summed E-state index contributed by atoms with van der Waals surface area (Å²) in [4.78, 5) is 45.4. The number of anilines is 2. The molecule has 284 valence electrons. The van der Waals surface area contributed by atoms with Gasteiger partial charge in [0, 0.05) is 53.5 Å². The Morgan fingerprint density at radius 3 is 1.62 bits per heavy atom. The quantitative estimate of drug-likeness (QED) is 0.147. The molecule has 0 aliphatic carbocycles. The van der Waals surface area contributed by atoms with E-state index in [0.29, 0.717) is 35.7 Å². The number of fused-ring (bicyclic) bond motifs is 2. The van der Waals surface area contributed by atoms with Crippen LogP contribution in [0, 0.1) is 11.6 Å². The molecule has 0 fully saturated rings. The van der Waals surface area contributed by atoms with Crippen molar-refractivity contribution >= 4 is 69.5 Å². The Labute approximate surface area is 316 Å². The number of alkyl carbamates (subject to hydrolysis) is 1. The summed E-state index contributed by atoms with van der Waals surface area (Å²) in [6.07, 6.45) is 0.994. The minimum atomic E-state index is -0.773. The van der Waals surface area contributed by atoms with Crippen LogP contribution in [0.25, 0.3) is 0 Å². The summed E-state index contributed by atoms with van der Waals surface area (Å²) in [5.74, 6) is -1.65. The van der Waals surface area contributed by atoms with E-state index in [4.69, 9.17) is 28.9 Å². The topological polar surface area (TPSA) is 159 Å². The molecule has 2 aliphatic heterocycles. The first-order valence-corrected chi connectivity index (χ1v) is 15.7. The van der Waals surface area contributed by atoms with Gasteiger partial charge < -0.3 is 40.3 Å². The number of halogens is 5. The monoisotopic (exact) mass is 786 g/mol. The Morgan fingerprint density at radius 1 is 0.731 bits per heavy atom. The van der Waals surface area contributed by atoms with Crippen LogP contribution < -0.4 is 21.7 Å². The highest BCUT2D eigenvalue weighted by atomic mass is 35.5. The zero-order valence-electron chi connectivity index (χ0n) is 26.1. The Balaban J connectivity index is 0.000000442. The van der Waals surface area contributed by atoms with E-state index in [1.54, 1.807) is 18.2 Å². The Kier molecular flexibility index (Phi) is 17.8. The SMILES string of the molecule is C.C.C.COC(=O)Cl.COC(=O)NC1CCn2c(C(=O)Nc3ccc(F)c(Cl)c3)ccc21.NC1CCn2c(C(=O)Nc3ccc(F)c(Cl)c3)ccc21. The van der Waals surface area contributed by atoms with Crippen molar-refractivity contribution in [2.45, 2.75) is 60.3 Å². The number of nitrogens with zero attached hydrogens (tertiary/aromatic N) is 2. The molecule has 2 unspecified atom stereocenters. The van der Waals surface area contributed by atoms with Crippen LogP contribution in [0.5, 0.6) is 0 Å². The first kappa shape index (κ1) is 45.4. The van der Waals surface area contributed by atoms with Gasteiger partial charge in [-0.3, -0.25) is 9.59 Å². The summed E-state index contributed by atoms with van der Waals surface area (Å²) in [5, 5.41) is 8.04. The number of nitrogens with two attached hydrogens (primary N) is 1. The highest BCUT2D eigenvalue weighted by Crippen LogP contribution is 2.30. The maximum atomic E-state index is 13.2. The van der Waals surface area contributed by atoms with Crippen LogP contribution in [0.4, 0.5) is 29.7 Å². The fourth-order valence-corrected chi connectivity index (χ4v) is 5.56. The number of aromatic nitrogens is 2. The van der Waals surface area contributed by atoms with Crippen LogP contribution in [0.15, 0.2) is 60.7 Å². The number of hydrogen-bond donors (Lipinski definition) is 4. The highest BCUT2D eigenvalue weighted by molar-refractivity contribution is 6.61. The maximum Gasteiger partial charge on any atom is 0.407 e. The Morgan fingerprint density at radius 2 is 1.17 bits per heavy atom. The molecule has 12 nitrogen and oxygen atoms in total. The number of carbonyl (C=O) groups is 4. The minimum Gasteiger partial charge on any atom is -0.457 e. The van der Waals surface area contributed by atoms with Gasteiger partial charge in [-0.2, -0.15) is 0 Å². The second-order valence-corrected chi connectivity index (χ2v) is 11.7. The highest BCUT2D eigenvalue weighted by Gasteiger charge is 2.28. The lowest BCUT2D eigenvalue weighted by molar-refractivity contribution is 0.101. The first-order chi connectivity index (χ1) is 23.3. The van der Waals surface area contributed by atoms with Gasteiger partial charge in [0.1, 0.15) is 23.0 Å². The van der Waals surface area contributed by atoms with Gasteiger partial charge in [0.25, 0.3) is 11.8 Å². The molecule has 2 aromatic heterocycles. The molecular formula is C35H43Cl3F2N6O6. The summed E-state index contributed by atoms with van der Waals surface area (Å²) < 4.78 is 38.5. The third-order valence-electron chi connectivity index (χ3n) is 7.53. The molecule has 17 heteroatoms. The van der Waals surface area contributed by atoms with Crippen molar-refractivity contribution in [3.8, 4) is 0 Å². The molecule has 4 aromatic rings. The smallest absolute Gasteiger partial charge is 0.407 e. The van der Waals surface area contributed by atoms with Crippen molar-refractivity contribution in [2.24, 2.45) is 5.73 Å². The predicted octanol–water partition coefficient (Wildman–Crippen LogP) is 9.17. The largest absolute Gasteiger partial charge is 0.457 e. The predicted molar refractivity (Wildman–Crippen MR) is 200 cm³/mol. The van der Waals surface area contributed by atoms with Crippen molar-refractivity contribution in [1.29, 1.82) is 0 Å².